The van der Waals surface area contributed by atoms with Crippen LogP contribution in [-0.2, 0) is 4.74 Å². The molecule has 2 atom stereocenters. The Balaban J connectivity index is 0.00000210. The van der Waals surface area contributed by atoms with E-state index in [2.05, 4.69) is 73.0 Å². The molecule has 0 saturated carbocycles. The number of hydrogen-bond acceptors (Lipinski definition) is 4. The number of rotatable bonds is 6. The molecule has 4 aliphatic rings. The topological polar surface area (TPSA) is 12.5 Å². The smallest absolute Gasteiger partial charge is 0.0620 e. The van der Waals surface area contributed by atoms with Crippen molar-refractivity contribution in [2.45, 2.75) is 16.9 Å². The zero-order valence-electron chi connectivity index (χ0n) is 15.8. The quantitative estimate of drug-likeness (QED) is 0.540. The molecule has 2 aliphatic heterocycles. The molecule has 0 fully saturated rings. The van der Waals surface area contributed by atoms with Crippen LogP contribution < -0.4 is 0 Å². The maximum absolute atomic E-state index is 5.95. The number of ether oxygens (including phenoxy) is 1. The second kappa shape index (κ2) is 9.44. The summed E-state index contributed by atoms with van der Waals surface area (Å²) in [7, 11) is 4.21. The summed E-state index contributed by atoms with van der Waals surface area (Å²) in [6.07, 6.45) is 12.4. The Hall–Kier alpha value is -1.04. The fraction of sp³-hybridized carbons (Fsp3) is 0.364. The van der Waals surface area contributed by atoms with Crippen molar-refractivity contribution in [3.05, 3.63) is 64.6 Å². The highest BCUT2D eigenvalue weighted by molar-refractivity contribution is 8.00. The maximum atomic E-state index is 5.95. The van der Waals surface area contributed by atoms with E-state index in [1.54, 1.807) is 0 Å². The van der Waals surface area contributed by atoms with Gasteiger partial charge in [0.2, 0.25) is 0 Å². The first-order chi connectivity index (χ1) is 12.7. The summed E-state index contributed by atoms with van der Waals surface area (Å²) >= 11 is 3.86. The molecule has 0 amide bonds. The first-order valence-electron chi connectivity index (χ1n) is 9.17. The number of allylic oxidation sites excluding steroid dienone is 3. The third kappa shape index (κ3) is 4.69. The summed E-state index contributed by atoms with van der Waals surface area (Å²) in [5.41, 5.74) is 5.61. The molecular weight excluding hydrogens is 394 g/mol. The van der Waals surface area contributed by atoms with Crippen molar-refractivity contribution >= 4 is 41.6 Å². The van der Waals surface area contributed by atoms with Crippen molar-refractivity contribution in [1.82, 2.24) is 4.90 Å². The lowest BCUT2D eigenvalue weighted by Crippen LogP contribution is -2.18. The van der Waals surface area contributed by atoms with E-state index in [0.29, 0.717) is 10.5 Å². The Morgan fingerprint density at radius 3 is 2.96 bits per heavy atom. The van der Waals surface area contributed by atoms with Crippen LogP contribution in [0.3, 0.4) is 0 Å². The van der Waals surface area contributed by atoms with Crippen LogP contribution in [0.5, 0.6) is 0 Å². The molecule has 2 unspecified atom stereocenters. The van der Waals surface area contributed by atoms with E-state index in [1.165, 1.54) is 27.1 Å². The molecule has 144 valence electrons. The summed E-state index contributed by atoms with van der Waals surface area (Å²) in [5, 5.41) is 3.00. The highest BCUT2D eigenvalue weighted by atomic mass is 35.5. The van der Waals surface area contributed by atoms with E-state index < -0.39 is 0 Å². The predicted molar refractivity (Wildman–Crippen MR) is 123 cm³/mol. The Kier molecular flexibility index (Phi) is 7.23. The monoisotopic (exact) mass is 419 g/mol. The summed E-state index contributed by atoms with van der Waals surface area (Å²) in [6, 6.07) is 6.76. The minimum Gasteiger partial charge on any atom is -0.380 e. The second-order valence-corrected chi connectivity index (χ2v) is 9.35. The summed E-state index contributed by atoms with van der Waals surface area (Å²) in [4.78, 5) is 3.61. The van der Waals surface area contributed by atoms with Crippen LogP contribution >= 0.6 is 35.5 Å². The maximum Gasteiger partial charge on any atom is 0.0620 e. The highest BCUT2D eigenvalue weighted by Crippen LogP contribution is 2.50. The van der Waals surface area contributed by atoms with Crippen LogP contribution in [0, 0.1) is 0 Å². The van der Waals surface area contributed by atoms with Gasteiger partial charge in [-0.25, -0.2) is 0 Å². The van der Waals surface area contributed by atoms with Crippen LogP contribution in [0.25, 0.3) is 16.5 Å². The Morgan fingerprint density at radius 2 is 2.11 bits per heavy atom. The van der Waals surface area contributed by atoms with Gasteiger partial charge in [0.25, 0.3) is 0 Å². The highest BCUT2D eigenvalue weighted by Gasteiger charge is 2.29. The molecule has 4 rings (SSSR count). The molecule has 0 aromatic rings. The van der Waals surface area contributed by atoms with Gasteiger partial charge in [0, 0.05) is 16.7 Å². The Labute approximate surface area is 176 Å². The zero-order chi connectivity index (χ0) is 17.9. The van der Waals surface area contributed by atoms with E-state index in [1.807, 2.05) is 23.1 Å². The molecule has 0 radical (unpaired) electrons. The van der Waals surface area contributed by atoms with Crippen LogP contribution in [0.2, 0.25) is 0 Å². The lowest BCUT2D eigenvalue weighted by Gasteiger charge is -2.26. The van der Waals surface area contributed by atoms with Crippen molar-refractivity contribution in [2.75, 3.05) is 33.9 Å². The molecule has 0 aromatic heterocycles. The van der Waals surface area contributed by atoms with Gasteiger partial charge in [0.15, 0.2) is 0 Å². The van der Waals surface area contributed by atoms with Crippen LogP contribution in [0.15, 0.2) is 53.5 Å². The predicted octanol–water partition coefficient (Wildman–Crippen LogP) is 5.91. The Morgan fingerprint density at radius 1 is 1.22 bits per heavy atom. The first kappa shape index (κ1) is 20.7. The van der Waals surface area contributed by atoms with E-state index in [9.17, 15) is 0 Å². The molecule has 2 aliphatic carbocycles. The average Bonchev–Trinajstić information content (AvgIpc) is 2.91. The molecule has 2 heterocycles. The SMILES string of the molecule is CN(C)CCCOCC1C=CC2=CC=Cc3c(cc4cccsc3-4)C2S1.Cl. The number of halogens is 1. The van der Waals surface area contributed by atoms with Gasteiger partial charge in [-0.05, 0) is 60.8 Å². The third-order valence-electron chi connectivity index (χ3n) is 4.80. The minimum atomic E-state index is 0. The van der Waals surface area contributed by atoms with Gasteiger partial charge in [-0.2, -0.15) is 0 Å². The number of hydrogen-bond donors (Lipinski definition) is 0. The molecule has 2 nitrogen and oxygen atoms in total. The van der Waals surface area contributed by atoms with Gasteiger partial charge in [0.1, 0.15) is 0 Å². The Bertz CT molecular complexity index is 824. The van der Waals surface area contributed by atoms with Gasteiger partial charge in [-0.1, -0.05) is 42.5 Å². The van der Waals surface area contributed by atoms with Gasteiger partial charge in [-0.3, -0.25) is 0 Å². The fourth-order valence-corrected chi connectivity index (χ4v) is 5.74. The number of fused-ring (bicyclic) bond motifs is 5. The second-order valence-electron chi connectivity index (χ2n) is 7.08. The van der Waals surface area contributed by atoms with Crippen molar-refractivity contribution in [2.24, 2.45) is 0 Å². The first-order valence-corrected chi connectivity index (χ1v) is 11.0. The van der Waals surface area contributed by atoms with E-state index in [0.717, 1.165) is 26.2 Å². The average molecular weight is 420 g/mol. The van der Waals surface area contributed by atoms with Crippen molar-refractivity contribution in [3.8, 4) is 10.4 Å². The molecular formula is C22H26ClNOS2. The van der Waals surface area contributed by atoms with Gasteiger partial charge >= 0.3 is 0 Å². The number of nitrogens with zero attached hydrogens (tertiary/aromatic N) is 1. The van der Waals surface area contributed by atoms with Crippen LogP contribution in [0.1, 0.15) is 22.8 Å². The molecule has 0 spiro atoms. The van der Waals surface area contributed by atoms with Gasteiger partial charge in [0.05, 0.1) is 11.9 Å². The van der Waals surface area contributed by atoms with Crippen molar-refractivity contribution < 1.29 is 4.74 Å². The van der Waals surface area contributed by atoms with Crippen LogP contribution in [0.4, 0.5) is 0 Å². The van der Waals surface area contributed by atoms with Gasteiger partial charge in [-0.15, -0.1) is 35.5 Å². The van der Waals surface area contributed by atoms with E-state index in [4.69, 9.17) is 4.74 Å². The lowest BCUT2D eigenvalue weighted by atomic mass is 10.0. The standard InChI is InChI=1S/C22H25NOS2.ClH/c1-23(2)11-5-12-24-15-18-10-9-16-6-3-8-19-20(22(16)26-18)14-17-7-4-13-25-21(17)19;/h3-4,6-10,13-14,18,22H,5,11-12,15H2,1-2H3;1H. The minimum absolute atomic E-state index is 0. The summed E-state index contributed by atoms with van der Waals surface area (Å²) in [5.74, 6) is 0. The molecule has 27 heavy (non-hydrogen) atoms. The molecule has 5 heteroatoms. The normalized spacial score (nSPS) is 20.8. The molecule has 0 bridgehead atoms. The van der Waals surface area contributed by atoms with E-state index >= 15 is 0 Å². The van der Waals surface area contributed by atoms with Crippen molar-refractivity contribution in [1.29, 1.82) is 0 Å². The lowest BCUT2D eigenvalue weighted by molar-refractivity contribution is 0.132. The van der Waals surface area contributed by atoms with Gasteiger partial charge < -0.3 is 9.64 Å². The zero-order valence-corrected chi connectivity index (χ0v) is 18.2. The molecule has 0 aromatic carbocycles. The summed E-state index contributed by atoms with van der Waals surface area (Å²) in [6.45, 7) is 2.72. The molecule has 0 saturated heterocycles. The molecule has 0 N–H and O–H groups in total. The summed E-state index contributed by atoms with van der Waals surface area (Å²) < 4.78 is 5.95. The van der Waals surface area contributed by atoms with Crippen LogP contribution in [-0.4, -0.2) is 44.0 Å². The fourth-order valence-electron chi connectivity index (χ4n) is 3.52. The number of thioether (sulfide) groups is 1. The third-order valence-corrected chi connectivity index (χ3v) is 7.22. The van der Waals surface area contributed by atoms with E-state index in [-0.39, 0.29) is 12.4 Å². The van der Waals surface area contributed by atoms with Crippen molar-refractivity contribution in [3.63, 3.8) is 0 Å². The largest absolute Gasteiger partial charge is 0.380 e.